The molecule has 0 unspecified atom stereocenters. The second-order valence-electron chi connectivity index (χ2n) is 7.41. The second-order valence-corrected chi connectivity index (χ2v) is 9.24. The highest BCUT2D eigenvalue weighted by Crippen LogP contribution is 2.35. The van der Waals surface area contributed by atoms with Crippen molar-refractivity contribution in [2.45, 2.75) is 35.7 Å². The fraction of sp³-hybridized carbons (Fsp3) is 0.273. The van der Waals surface area contributed by atoms with Gasteiger partial charge >= 0.3 is 0 Å². The number of nitrogens with zero attached hydrogens (tertiary/aromatic N) is 4. The van der Waals surface area contributed by atoms with Crippen LogP contribution in [0.25, 0.3) is 22.3 Å². The molecular weight excluding hydrogens is 448 g/mol. The third-order valence-corrected chi connectivity index (χ3v) is 6.70. The average Bonchev–Trinajstić information content (AvgIpc) is 3.45. The Hall–Kier alpha value is -2.98. The van der Waals surface area contributed by atoms with Crippen molar-refractivity contribution >= 4 is 34.4 Å². The van der Waals surface area contributed by atoms with Crippen LogP contribution in [0.15, 0.2) is 55.8 Å². The van der Waals surface area contributed by atoms with Crippen LogP contribution in [-0.2, 0) is 5.75 Å². The molecule has 0 N–H and O–H groups in total. The maximum atomic E-state index is 13.2. The van der Waals surface area contributed by atoms with Crippen molar-refractivity contribution in [2.75, 3.05) is 13.0 Å². The van der Waals surface area contributed by atoms with E-state index in [1.54, 1.807) is 28.5 Å². The molecule has 0 spiro atoms. The van der Waals surface area contributed by atoms with Crippen molar-refractivity contribution in [2.24, 2.45) is 0 Å². The topological polar surface area (TPSA) is 92.3 Å². The molecule has 32 heavy (non-hydrogen) atoms. The Kier molecular flexibility index (Phi) is 5.56. The van der Waals surface area contributed by atoms with Crippen molar-refractivity contribution < 1.29 is 14.0 Å². The Morgan fingerprint density at radius 1 is 1.09 bits per heavy atom. The molecule has 4 aromatic rings. The first-order valence-electron chi connectivity index (χ1n) is 9.99. The number of benzene rings is 2. The number of hydrogen-bond acceptors (Lipinski definition) is 9. The van der Waals surface area contributed by atoms with Crippen LogP contribution >= 0.6 is 23.5 Å². The van der Waals surface area contributed by atoms with Crippen LogP contribution in [0.1, 0.15) is 25.8 Å². The summed E-state index contributed by atoms with van der Waals surface area (Å²) in [4.78, 5) is 23.6. The summed E-state index contributed by atoms with van der Waals surface area (Å²) in [5, 5.41) is 5.18. The van der Waals surface area contributed by atoms with E-state index in [0.29, 0.717) is 45.0 Å². The smallest absolute Gasteiger partial charge is 0.262 e. The number of ether oxygens (including phenoxy) is 2. The third-order valence-electron chi connectivity index (χ3n) is 5.02. The standard InChI is InChI=1S/C22H20N4O4S2/c1-12(2)26-21(27)15-8-17-18(29-11-28-17)9-16(15)23-22(26)32-10-19-24-20(25-30-19)13-4-6-14(31-3)7-5-13/h4-9,12H,10-11H2,1-3H3. The van der Waals surface area contributed by atoms with E-state index in [-0.39, 0.29) is 18.4 Å². The van der Waals surface area contributed by atoms with E-state index in [1.165, 1.54) is 16.7 Å². The van der Waals surface area contributed by atoms with Gasteiger partial charge < -0.3 is 14.0 Å². The van der Waals surface area contributed by atoms with Crippen LogP contribution in [0.5, 0.6) is 11.5 Å². The fourth-order valence-corrected chi connectivity index (χ4v) is 4.80. The van der Waals surface area contributed by atoms with Gasteiger partial charge in [0.2, 0.25) is 18.5 Å². The molecule has 0 aliphatic carbocycles. The van der Waals surface area contributed by atoms with Crippen molar-refractivity contribution in [1.29, 1.82) is 0 Å². The highest BCUT2D eigenvalue weighted by atomic mass is 32.2. The third kappa shape index (κ3) is 3.84. The molecule has 0 bridgehead atoms. The van der Waals surface area contributed by atoms with Gasteiger partial charge in [0.05, 0.1) is 16.7 Å². The van der Waals surface area contributed by atoms with Gasteiger partial charge in [-0.1, -0.05) is 16.9 Å². The molecule has 1 aliphatic heterocycles. The quantitative estimate of drug-likeness (QED) is 0.293. The van der Waals surface area contributed by atoms with E-state index in [2.05, 4.69) is 10.1 Å². The molecule has 2 aromatic carbocycles. The highest BCUT2D eigenvalue weighted by molar-refractivity contribution is 7.98. The summed E-state index contributed by atoms with van der Waals surface area (Å²) in [6, 6.07) is 11.4. The van der Waals surface area contributed by atoms with Crippen LogP contribution in [0.4, 0.5) is 0 Å². The van der Waals surface area contributed by atoms with Crippen LogP contribution < -0.4 is 15.0 Å². The van der Waals surface area contributed by atoms with Crippen LogP contribution in [0.3, 0.4) is 0 Å². The van der Waals surface area contributed by atoms with E-state index < -0.39 is 0 Å². The lowest BCUT2D eigenvalue weighted by molar-refractivity contribution is 0.174. The summed E-state index contributed by atoms with van der Waals surface area (Å²) in [6.07, 6.45) is 2.03. The number of aromatic nitrogens is 4. The van der Waals surface area contributed by atoms with Gasteiger partial charge in [0.15, 0.2) is 16.7 Å². The summed E-state index contributed by atoms with van der Waals surface area (Å²) < 4.78 is 18.0. The van der Waals surface area contributed by atoms with Crippen LogP contribution in [-0.4, -0.2) is 32.7 Å². The summed E-state index contributed by atoms with van der Waals surface area (Å²) in [7, 11) is 0. The zero-order chi connectivity index (χ0) is 22.2. The maximum Gasteiger partial charge on any atom is 0.262 e. The predicted molar refractivity (Wildman–Crippen MR) is 124 cm³/mol. The van der Waals surface area contributed by atoms with Crippen molar-refractivity contribution in [3.63, 3.8) is 0 Å². The molecular formula is C22H20N4O4S2. The lowest BCUT2D eigenvalue weighted by Crippen LogP contribution is -2.25. The predicted octanol–water partition coefficient (Wildman–Crippen LogP) is 4.77. The van der Waals surface area contributed by atoms with E-state index >= 15 is 0 Å². The van der Waals surface area contributed by atoms with Gasteiger partial charge in [-0.15, -0.1) is 11.8 Å². The van der Waals surface area contributed by atoms with Crippen molar-refractivity contribution in [1.82, 2.24) is 19.7 Å². The van der Waals surface area contributed by atoms with Crippen molar-refractivity contribution in [3.8, 4) is 22.9 Å². The Morgan fingerprint density at radius 3 is 2.56 bits per heavy atom. The molecule has 164 valence electrons. The Labute approximate surface area is 192 Å². The van der Waals surface area contributed by atoms with E-state index in [1.807, 2.05) is 44.4 Å². The van der Waals surface area contributed by atoms with Gasteiger partial charge in [-0.05, 0) is 50.4 Å². The van der Waals surface area contributed by atoms with E-state index in [0.717, 1.165) is 5.56 Å². The monoisotopic (exact) mass is 468 g/mol. The number of thioether (sulfide) groups is 2. The van der Waals surface area contributed by atoms with Crippen molar-refractivity contribution in [3.05, 3.63) is 52.6 Å². The normalized spacial score (nSPS) is 12.8. The van der Waals surface area contributed by atoms with Gasteiger partial charge in [-0.3, -0.25) is 9.36 Å². The Morgan fingerprint density at radius 2 is 1.84 bits per heavy atom. The molecule has 0 fully saturated rings. The summed E-state index contributed by atoms with van der Waals surface area (Å²) >= 11 is 3.06. The van der Waals surface area contributed by atoms with Gasteiger partial charge in [0.25, 0.3) is 5.56 Å². The molecule has 0 amide bonds. The Balaban J connectivity index is 1.44. The zero-order valence-corrected chi connectivity index (χ0v) is 19.3. The number of rotatable bonds is 6. The molecule has 1 aliphatic rings. The van der Waals surface area contributed by atoms with E-state index in [4.69, 9.17) is 19.0 Å². The van der Waals surface area contributed by atoms with E-state index in [9.17, 15) is 4.79 Å². The molecule has 0 saturated heterocycles. The van der Waals surface area contributed by atoms with Gasteiger partial charge in [0.1, 0.15) is 0 Å². The molecule has 3 heterocycles. The minimum Gasteiger partial charge on any atom is -0.454 e. The van der Waals surface area contributed by atoms with Crippen LogP contribution in [0.2, 0.25) is 0 Å². The van der Waals surface area contributed by atoms with Crippen LogP contribution in [0, 0.1) is 0 Å². The second kappa shape index (κ2) is 8.51. The summed E-state index contributed by atoms with van der Waals surface area (Å²) in [5.74, 6) is 2.56. The largest absolute Gasteiger partial charge is 0.454 e. The summed E-state index contributed by atoms with van der Waals surface area (Å²) in [5.41, 5.74) is 1.34. The number of fused-ring (bicyclic) bond motifs is 2. The lowest BCUT2D eigenvalue weighted by Gasteiger charge is -2.15. The zero-order valence-electron chi connectivity index (χ0n) is 17.7. The molecule has 0 saturated carbocycles. The molecule has 8 nitrogen and oxygen atoms in total. The first kappa shape index (κ1) is 20.9. The Bertz CT molecular complexity index is 1350. The maximum absolute atomic E-state index is 13.2. The first-order valence-corrected chi connectivity index (χ1v) is 12.2. The molecule has 0 atom stereocenters. The molecule has 10 heteroatoms. The van der Waals surface area contributed by atoms with Gasteiger partial charge in [-0.2, -0.15) is 4.98 Å². The summed E-state index contributed by atoms with van der Waals surface area (Å²) in [6.45, 7) is 4.05. The SMILES string of the molecule is CSc1ccc(-c2noc(CSc3nc4cc5c(cc4c(=O)n3C(C)C)OCO5)n2)cc1. The lowest BCUT2D eigenvalue weighted by atomic mass is 10.2. The minimum atomic E-state index is -0.120. The average molecular weight is 469 g/mol. The van der Waals surface area contributed by atoms with Gasteiger partial charge in [0, 0.05) is 22.6 Å². The minimum absolute atomic E-state index is 0.0690. The molecule has 5 rings (SSSR count). The number of hydrogen-bond donors (Lipinski definition) is 0. The highest BCUT2D eigenvalue weighted by Gasteiger charge is 2.21. The fourth-order valence-electron chi connectivity index (χ4n) is 3.42. The molecule has 2 aromatic heterocycles. The first-order chi connectivity index (χ1) is 15.5. The molecule has 0 radical (unpaired) electrons. The van der Waals surface area contributed by atoms with Gasteiger partial charge in [-0.25, -0.2) is 4.98 Å².